The summed E-state index contributed by atoms with van der Waals surface area (Å²) in [5.41, 5.74) is 0.819. The van der Waals surface area contributed by atoms with Gasteiger partial charge < -0.3 is 14.6 Å². The highest BCUT2D eigenvalue weighted by atomic mass is 16.6. The third kappa shape index (κ3) is 3.95. The van der Waals surface area contributed by atoms with Crippen LogP contribution < -0.4 is 0 Å². The number of rotatable bonds is 5. The van der Waals surface area contributed by atoms with Crippen LogP contribution in [0.4, 0.5) is 4.79 Å². The second kappa shape index (κ2) is 6.74. The summed E-state index contributed by atoms with van der Waals surface area (Å²) in [6.45, 7) is -0.132. The second-order valence-electron chi connectivity index (χ2n) is 4.55. The summed E-state index contributed by atoms with van der Waals surface area (Å²) in [6.07, 6.45) is -0.906. The average molecular weight is 294 g/mol. The second-order valence-corrected chi connectivity index (χ2v) is 4.55. The third-order valence-electron chi connectivity index (χ3n) is 3.07. The Morgan fingerprint density at radius 3 is 2.71 bits per heavy atom. The maximum Gasteiger partial charge on any atom is 0.413 e. The number of carboxylic acids is 1. The van der Waals surface area contributed by atoms with Crippen LogP contribution in [0, 0.1) is 0 Å². The van der Waals surface area contributed by atoms with Crippen molar-refractivity contribution in [2.75, 3.05) is 6.73 Å². The van der Waals surface area contributed by atoms with E-state index < -0.39 is 24.1 Å². The number of carboxylic acid groups (broad SMARTS) is 1. The number of nitrogens with zero attached hydrogens (tertiary/aromatic N) is 1. The highest BCUT2D eigenvalue weighted by molar-refractivity contribution is 5.84. The minimum Gasteiger partial charge on any atom is -0.481 e. The van der Waals surface area contributed by atoms with Crippen LogP contribution in [0.3, 0.4) is 0 Å². The summed E-state index contributed by atoms with van der Waals surface area (Å²) in [7, 11) is 0. The Bertz CT molecular complexity index is 530. The lowest BCUT2D eigenvalue weighted by Gasteiger charge is -2.19. The summed E-state index contributed by atoms with van der Waals surface area (Å²) in [4.78, 5) is 35.1. The fourth-order valence-corrected chi connectivity index (χ4v) is 1.96. The van der Waals surface area contributed by atoms with Gasteiger partial charge in [0.2, 0.25) is 0 Å². The lowest BCUT2D eigenvalue weighted by molar-refractivity contribution is -0.140. The van der Waals surface area contributed by atoms with Crippen molar-refractivity contribution in [3.8, 4) is 0 Å². The number of aliphatic carboxylic acids is 1. The molecule has 1 atom stereocenters. The topological polar surface area (TPSA) is 93.1 Å². The minimum absolute atomic E-state index is 0.00854. The molecule has 0 bridgehead atoms. The number of carbonyl (C=O) groups excluding carboxylic acids is 2. The van der Waals surface area contributed by atoms with E-state index in [4.69, 9.17) is 14.6 Å². The van der Waals surface area contributed by atoms with E-state index in [1.807, 2.05) is 18.2 Å². The van der Waals surface area contributed by atoms with Gasteiger partial charge >= 0.3 is 18.0 Å². The van der Waals surface area contributed by atoms with Crippen molar-refractivity contribution >= 4 is 18.0 Å². The third-order valence-corrected chi connectivity index (χ3v) is 3.07. The maximum atomic E-state index is 11.9. The van der Waals surface area contributed by atoms with Crippen LogP contribution in [-0.2, 0) is 25.7 Å². The molecule has 1 amide bonds. The number of hydrogen-bond donors (Lipinski definition) is 1. The molecule has 1 saturated heterocycles. The maximum absolute atomic E-state index is 11.9. The number of hydrogen-bond acceptors (Lipinski definition) is 5. The zero-order valence-electron chi connectivity index (χ0n) is 11.2. The standard InChI is InChI=1S/C14H15NO6/c16-12(17)7-6-11-13(18)21-9-15(11)14(19)20-8-10-4-2-1-3-5-10/h1-5,11H,6-9H2,(H,16,17)/t11-/m0/s1/i15+1. The number of cyclic esters (lactones) is 1. The van der Waals surface area contributed by atoms with Crippen LogP contribution in [-0.4, -0.2) is 40.8 Å². The molecule has 1 heterocycles. The monoisotopic (exact) mass is 294 g/mol. The smallest absolute Gasteiger partial charge is 0.413 e. The summed E-state index contributed by atoms with van der Waals surface area (Å²) < 4.78 is 9.88. The van der Waals surface area contributed by atoms with Gasteiger partial charge in [-0.3, -0.25) is 9.69 Å². The largest absolute Gasteiger partial charge is 0.481 e. The molecule has 0 aromatic heterocycles. The van der Waals surface area contributed by atoms with E-state index in [0.29, 0.717) is 0 Å². The molecule has 7 nitrogen and oxygen atoms in total. The van der Waals surface area contributed by atoms with Crippen molar-refractivity contribution in [3.05, 3.63) is 35.9 Å². The quantitative estimate of drug-likeness (QED) is 0.651. The molecule has 0 unspecified atom stereocenters. The average Bonchev–Trinajstić information content (AvgIpc) is 2.85. The first-order valence-electron chi connectivity index (χ1n) is 6.43. The molecule has 1 aromatic carbocycles. The van der Waals surface area contributed by atoms with E-state index in [1.54, 1.807) is 12.1 Å². The lowest BCUT2D eigenvalue weighted by atomic mass is 10.2. The molecule has 0 radical (unpaired) electrons. The normalized spacial score (nSPS) is 17.4. The summed E-state index contributed by atoms with van der Waals surface area (Å²) in [6, 6.07) is 8.20. The molecule has 21 heavy (non-hydrogen) atoms. The van der Waals surface area contributed by atoms with E-state index >= 15 is 0 Å². The molecule has 112 valence electrons. The zero-order chi connectivity index (χ0) is 15.2. The summed E-state index contributed by atoms with van der Waals surface area (Å²) in [5, 5.41) is 8.65. The van der Waals surface area contributed by atoms with E-state index in [-0.39, 0.29) is 26.2 Å². The number of esters is 1. The molecule has 0 spiro atoms. The van der Waals surface area contributed by atoms with Crippen molar-refractivity contribution < 1.29 is 29.0 Å². The Balaban J connectivity index is 1.91. The van der Waals surface area contributed by atoms with E-state index in [2.05, 4.69) is 0 Å². The van der Waals surface area contributed by atoms with E-state index in [1.165, 1.54) is 0 Å². The highest BCUT2D eigenvalue weighted by Crippen LogP contribution is 2.18. The summed E-state index contributed by atoms with van der Waals surface area (Å²) in [5.74, 6) is -1.64. The van der Waals surface area contributed by atoms with Gasteiger partial charge in [0, 0.05) is 6.42 Å². The van der Waals surface area contributed by atoms with Crippen LogP contribution in [0.5, 0.6) is 0 Å². The van der Waals surface area contributed by atoms with Crippen LogP contribution in [0.25, 0.3) is 0 Å². The fraction of sp³-hybridized carbons (Fsp3) is 0.357. The Kier molecular flexibility index (Phi) is 4.76. The summed E-state index contributed by atoms with van der Waals surface area (Å²) >= 11 is 0. The Morgan fingerprint density at radius 2 is 2.05 bits per heavy atom. The molecule has 1 aliphatic heterocycles. The van der Waals surface area contributed by atoms with Gasteiger partial charge in [0.15, 0.2) is 6.73 Å². The molecule has 1 N–H and O–H groups in total. The molecule has 1 aromatic rings. The number of benzene rings is 1. The first kappa shape index (κ1) is 14.8. The first-order chi connectivity index (χ1) is 10.1. The fourth-order valence-electron chi connectivity index (χ4n) is 1.96. The molecule has 7 heteroatoms. The van der Waals surface area contributed by atoms with Gasteiger partial charge in [-0.1, -0.05) is 30.3 Å². The molecule has 0 saturated carbocycles. The predicted octanol–water partition coefficient (Wildman–Crippen LogP) is 1.37. The van der Waals surface area contributed by atoms with Crippen LogP contribution in [0.1, 0.15) is 18.4 Å². The van der Waals surface area contributed by atoms with Gasteiger partial charge in [0.25, 0.3) is 0 Å². The van der Waals surface area contributed by atoms with Gasteiger partial charge in [0.1, 0.15) is 12.6 Å². The van der Waals surface area contributed by atoms with Crippen molar-refractivity contribution in [2.45, 2.75) is 25.5 Å². The lowest BCUT2D eigenvalue weighted by Crippen LogP contribution is -2.38. The molecular formula is C14H15NO6. The SMILES string of the molecule is O=C(O)CC[C@H]1C(=O)OC[15N]1C(=O)OCc1ccccc1. The zero-order valence-corrected chi connectivity index (χ0v) is 11.2. The molecule has 0 aliphatic carbocycles. The number of carbonyl (C=O) groups is 3. The highest BCUT2D eigenvalue weighted by Gasteiger charge is 2.38. The molecule has 1 fully saturated rings. The van der Waals surface area contributed by atoms with Gasteiger partial charge in [-0.25, -0.2) is 9.59 Å². The van der Waals surface area contributed by atoms with E-state index in [0.717, 1.165) is 10.5 Å². The van der Waals surface area contributed by atoms with E-state index in [9.17, 15) is 14.4 Å². The van der Waals surface area contributed by atoms with Gasteiger partial charge in [-0.2, -0.15) is 0 Å². The number of ether oxygens (including phenoxy) is 2. The van der Waals surface area contributed by atoms with Crippen LogP contribution >= 0.6 is 0 Å². The Hall–Kier alpha value is -2.57. The Morgan fingerprint density at radius 1 is 1.33 bits per heavy atom. The number of amides is 1. The van der Waals surface area contributed by atoms with Crippen molar-refractivity contribution in [2.24, 2.45) is 0 Å². The minimum atomic E-state index is -1.03. The van der Waals surface area contributed by atoms with Crippen molar-refractivity contribution in [3.63, 3.8) is 0 Å². The molecule has 2 rings (SSSR count). The van der Waals surface area contributed by atoms with Crippen molar-refractivity contribution in [1.29, 1.82) is 0 Å². The predicted molar refractivity (Wildman–Crippen MR) is 70.1 cm³/mol. The van der Waals surface area contributed by atoms with Gasteiger partial charge in [-0.05, 0) is 12.0 Å². The first-order valence-corrected chi connectivity index (χ1v) is 6.43. The van der Waals surface area contributed by atoms with Crippen LogP contribution in [0.2, 0.25) is 0 Å². The van der Waals surface area contributed by atoms with Crippen LogP contribution in [0.15, 0.2) is 30.3 Å². The molecular weight excluding hydrogens is 279 g/mol. The van der Waals surface area contributed by atoms with Gasteiger partial charge in [0.05, 0.1) is 0 Å². The van der Waals surface area contributed by atoms with Crippen molar-refractivity contribution in [1.82, 2.24) is 4.90 Å². The Labute approximate surface area is 121 Å². The molecule has 1 aliphatic rings. The van der Waals surface area contributed by atoms with Gasteiger partial charge in [-0.15, -0.1) is 0 Å².